The van der Waals surface area contributed by atoms with Crippen LogP contribution in [0.1, 0.15) is 40.5 Å². The zero-order valence-electron chi connectivity index (χ0n) is 13.4. The van der Waals surface area contributed by atoms with Gasteiger partial charge in [-0.15, -0.1) is 0 Å². The van der Waals surface area contributed by atoms with E-state index in [1.54, 1.807) is 0 Å². The maximum Gasteiger partial charge on any atom is 0.0110 e. The molecule has 1 N–H and O–H groups in total. The van der Waals surface area contributed by atoms with Crippen LogP contribution in [0, 0.1) is 11.3 Å². The van der Waals surface area contributed by atoms with Crippen LogP contribution in [0.3, 0.4) is 0 Å². The number of nitrogens with one attached hydrogen (secondary N) is 1. The van der Waals surface area contributed by atoms with E-state index in [0.717, 1.165) is 12.0 Å². The van der Waals surface area contributed by atoms with Crippen LogP contribution in [-0.2, 0) is 0 Å². The lowest BCUT2D eigenvalue weighted by Crippen LogP contribution is -2.51. The fourth-order valence-corrected chi connectivity index (χ4v) is 3.02. The second-order valence-electron chi connectivity index (χ2n) is 7.79. The summed E-state index contributed by atoms with van der Waals surface area (Å²) in [4.78, 5) is 5.28. The molecule has 2 fully saturated rings. The highest BCUT2D eigenvalue weighted by atomic mass is 15.3. The van der Waals surface area contributed by atoms with Crippen LogP contribution in [0.15, 0.2) is 0 Å². The van der Waals surface area contributed by atoms with Crippen molar-refractivity contribution < 1.29 is 0 Å². The standard InChI is InChI=1S/C16H33N3/c1-14(2)11-18-7-9-19(10-8-18)13-16(3,4)12-17-15-5-6-15/h14-15,17H,5-13H2,1-4H3. The number of hydrogen-bond donors (Lipinski definition) is 1. The Morgan fingerprint density at radius 2 is 1.63 bits per heavy atom. The first-order chi connectivity index (χ1) is 8.94. The van der Waals surface area contributed by atoms with Gasteiger partial charge in [0, 0.05) is 51.9 Å². The van der Waals surface area contributed by atoms with Crippen LogP contribution in [0.4, 0.5) is 0 Å². The van der Waals surface area contributed by atoms with Crippen molar-refractivity contribution in [1.82, 2.24) is 15.1 Å². The van der Waals surface area contributed by atoms with E-state index in [-0.39, 0.29) is 0 Å². The highest BCUT2D eigenvalue weighted by molar-refractivity contribution is 4.86. The van der Waals surface area contributed by atoms with Crippen molar-refractivity contribution >= 4 is 0 Å². The molecule has 112 valence electrons. The van der Waals surface area contributed by atoms with Crippen molar-refractivity contribution in [1.29, 1.82) is 0 Å². The summed E-state index contributed by atoms with van der Waals surface area (Å²) in [6, 6.07) is 0.835. The predicted octanol–water partition coefficient (Wildman–Crippen LogP) is 2.04. The average Bonchev–Trinajstić information content (AvgIpc) is 3.12. The Kier molecular flexibility index (Phi) is 5.27. The van der Waals surface area contributed by atoms with Gasteiger partial charge in [-0.1, -0.05) is 27.7 Å². The minimum Gasteiger partial charge on any atom is -0.313 e. The van der Waals surface area contributed by atoms with Crippen LogP contribution < -0.4 is 5.32 Å². The molecule has 0 unspecified atom stereocenters. The summed E-state index contributed by atoms with van der Waals surface area (Å²) >= 11 is 0. The summed E-state index contributed by atoms with van der Waals surface area (Å²) in [5.74, 6) is 0.797. The summed E-state index contributed by atoms with van der Waals surface area (Å²) < 4.78 is 0. The molecule has 0 amide bonds. The van der Waals surface area contributed by atoms with Gasteiger partial charge in [0.05, 0.1) is 0 Å². The number of nitrogens with zero attached hydrogens (tertiary/aromatic N) is 2. The third-order valence-electron chi connectivity index (χ3n) is 4.19. The molecule has 1 aliphatic heterocycles. The van der Waals surface area contributed by atoms with Crippen molar-refractivity contribution in [2.45, 2.75) is 46.6 Å². The van der Waals surface area contributed by atoms with Crippen molar-refractivity contribution in [3.8, 4) is 0 Å². The molecule has 3 heteroatoms. The Labute approximate surface area is 119 Å². The lowest BCUT2D eigenvalue weighted by molar-refractivity contribution is 0.0899. The summed E-state index contributed by atoms with van der Waals surface area (Å²) in [5, 5.41) is 3.68. The molecule has 0 bridgehead atoms. The molecule has 2 rings (SSSR count). The highest BCUT2D eigenvalue weighted by Gasteiger charge is 2.28. The van der Waals surface area contributed by atoms with E-state index < -0.39 is 0 Å². The normalized spacial score (nSPS) is 23.2. The van der Waals surface area contributed by atoms with Crippen molar-refractivity contribution in [3.05, 3.63) is 0 Å². The fraction of sp³-hybridized carbons (Fsp3) is 1.00. The van der Waals surface area contributed by atoms with E-state index in [4.69, 9.17) is 0 Å². The van der Waals surface area contributed by atoms with Crippen LogP contribution in [0.25, 0.3) is 0 Å². The van der Waals surface area contributed by atoms with E-state index in [2.05, 4.69) is 42.8 Å². The van der Waals surface area contributed by atoms with E-state index in [0.29, 0.717) is 5.41 Å². The van der Waals surface area contributed by atoms with Gasteiger partial charge < -0.3 is 15.1 Å². The lowest BCUT2D eigenvalue weighted by atomic mass is 9.92. The molecule has 0 aromatic rings. The molecule has 1 heterocycles. The summed E-state index contributed by atoms with van der Waals surface area (Å²) in [7, 11) is 0. The number of piperazine rings is 1. The minimum absolute atomic E-state index is 0.406. The molecule has 0 radical (unpaired) electrons. The molecule has 0 aromatic carbocycles. The van der Waals surface area contributed by atoms with E-state index in [1.165, 1.54) is 58.7 Å². The monoisotopic (exact) mass is 267 g/mol. The van der Waals surface area contributed by atoms with Gasteiger partial charge in [0.15, 0.2) is 0 Å². The number of rotatable bonds is 7. The molecule has 1 saturated heterocycles. The highest BCUT2D eigenvalue weighted by Crippen LogP contribution is 2.23. The smallest absolute Gasteiger partial charge is 0.0110 e. The van der Waals surface area contributed by atoms with Crippen molar-refractivity contribution in [2.75, 3.05) is 45.8 Å². The summed E-state index contributed by atoms with van der Waals surface area (Å²) in [5.41, 5.74) is 0.406. The Bertz CT molecular complexity index is 263. The lowest BCUT2D eigenvalue weighted by Gasteiger charge is -2.39. The Hall–Kier alpha value is -0.120. The SMILES string of the molecule is CC(C)CN1CCN(CC(C)(C)CNC2CC2)CC1. The van der Waals surface area contributed by atoms with E-state index in [9.17, 15) is 0 Å². The molecular formula is C16H33N3. The zero-order chi connectivity index (χ0) is 13.9. The fourth-order valence-electron chi connectivity index (χ4n) is 3.02. The van der Waals surface area contributed by atoms with E-state index in [1.807, 2.05) is 0 Å². The first-order valence-corrected chi connectivity index (χ1v) is 8.13. The van der Waals surface area contributed by atoms with Crippen LogP contribution in [-0.4, -0.2) is 61.7 Å². The Morgan fingerprint density at radius 3 is 2.16 bits per heavy atom. The van der Waals surface area contributed by atoms with Gasteiger partial charge in [-0.3, -0.25) is 0 Å². The van der Waals surface area contributed by atoms with Gasteiger partial charge in [-0.05, 0) is 24.2 Å². The Morgan fingerprint density at radius 1 is 1.05 bits per heavy atom. The number of hydrogen-bond acceptors (Lipinski definition) is 3. The van der Waals surface area contributed by atoms with Crippen LogP contribution in [0.2, 0.25) is 0 Å². The van der Waals surface area contributed by atoms with Gasteiger partial charge >= 0.3 is 0 Å². The van der Waals surface area contributed by atoms with Crippen molar-refractivity contribution in [3.63, 3.8) is 0 Å². The quantitative estimate of drug-likeness (QED) is 0.761. The maximum absolute atomic E-state index is 3.68. The summed E-state index contributed by atoms with van der Waals surface area (Å²) in [6.07, 6.45) is 2.79. The molecule has 0 aromatic heterocycles. The molecule has 1 aliphatic carbocycles. The Balaban J connectivity index is 1.65. The molecule has 2 aliphatic rings. The maximum atomic E-state index is 3.68. The molecule has 3 nitrogen and oxygen atoms in total. The van der Waals surface area contributed by atoms with Gasteiger partial charge in [-0.2, -0.15) is 0 Å². The largest absolute Gasteiger partial charge is 0.313 e. The average molecular weight is 267 g/mol. The first kappa shape index (κ1) is 15.3. The van der Waals surface area contributed by atoms with Crippen molar-refractivity contribution in [2.24, 2.45) is 11.3 Å². The van der Waals surface area contributed by atoms with Crippen LogP contribution >= 0.6 is 0 Å². The molecule has 1 saturated carbocycles. The van der Waals surface area contributed by atoms with E-state index >= 15 is 0 Å². The predicted molar refractivity (Wildman–Crippen MR) is 82.5 cm³/mol. The van der Waals surface area contributed by atoms with Gasteiger partial charge in [0.25, 0.3) is 0 Å². The molecule has 0 spiro atoms. The van der Waals surface area contributed by atoms with Gasteiger partial charge in [0.1, 0.15) is 0 Å². The van der Waals surface area contributed by atoms with Gasteiger partial charge in [-0.25, -0.2) is 0 Å². The molecule has 19 heavy (non-hydrogen) atoms. The second kappa shape index (κ2) is 6.55. The molecule has 0 atom stereocenters. The topological polar surface area (TPSA) is 18.5 Å². The third kappa shape index (κ3) is 5.80. The summed E-state index contributed by atoms with van der Waals surface area (Å²) in [6.45, 7) is 18.1. The first-order valence-electron chi connectivity index (χ1n) is 8.13. The zero-order valence-corrected chi connectivity index (χ0v) is 13.4. The van der Waals surface area contributed by atoms with Crippen LogP contribution in [0.5, 0.6) is 0 Å². The third-order valence-corrected chi connectivity index (χ3v) is 4.19. The molecular weight excluding hydrogens is 234 g/mol. The van der Waals surface area contributed by atoms with Gasteiger partial charge in [0.2, 0.25) is 0 Å². The second-order valence-corrected chi connectivity index (χ2v) is 7.79. The minimum atomic E-state index is 0.406.